The lowest BCUT2D eigenvalue weighted by atomic mass is 10.2. The fourth-order valence-electron chi connectivity index (χ4n) is 0.992. The van der Waals surface area contributed by atoms with Gasteiger partial charge < -0.3 is 9.84 Å². The zero-order valence-corrected chi connectivity index (χ0v) is 8.51. The Balaban J connectivity index is 2.59. The van der Waals surface area contributed by atoms with Gasteiger partial charge in [-0.3, -0.25) is 0 Å². The Bertz CT molecular complexity index is 311. The van der Waals surface area contributed by atoms with Crippen LogP contribution in [-0.2, 0) is 4.79 Å². The maximum Gasteiger partial charge on any atom is 0.344 e. The predicted octanol–water partition coefficient (Wildman–Crippen LogP) is 2.52. The molecule has 0 fully saturated rings. The van der Waals surface area contributed by atoms with Crippen molar-refractivity contribution in [3.8, 4) is 5.06 Å². The fourth-order valence-corrected chi connectivity index (χ4v) is 1.64. The number of carboxylic acids is 1. The summed E-state index contributed by atoms with van der Waals surface area (Å²) in [5.41, 5.74) is 0. The van der Waals surface area contributed by atoms with Crippen molar-refractivity contribution in [3.05, 3.63) is 17.3 Å². The summed E-state index contributed by atoms with van der Waals surface area (Å²) >= 11 is 1.06. The molecule has 0 radical (unpaired) electrons. The number of hydrogen-bond acceptors (Lipinski definition) is 3. The third-order valence-electron chi connectivity index (χ3n) is 1.63. The summed E-state index contributed by atoms with van der Waals surface area (Å²) in [6.45, 7) is 1.87. The van der Waals surface area contributed by atoms with Crippen molar-refractivity contribution in [2.75, 3.05) is 0 Å². The highest BCUT2D eigenvalue weighted by molar-refractivity contribution is 7.11. The second-order valence-electron chi connectivity index (χ2n) is 2.82. The Morgan fingerprint density at radius 2 is 2.50 bits per heavy atom. The van der Waals surface area contributed by atoms with Gasteiger partial charge in [0.15, 0.2) is 11.2 Å². The molecule has 0 aliphatic carbocycles. The highest BCUT2D eigenvalue weighted by Crippen LogP contribution is 2.23. The molecule has 1 rings (SSSR count). The molecule has 0 amide bonds. The topological polar surface area (TPSA) is 46.5 Å². The van der Waals surface area contributed by atoms with E-state index in [-0.39, 0.29) is 0 Å². The van der Waals surface area contributed by atoms with E-state index < -0.39 is 17.9 Å². The van der Waals surface area contributed by atoms with Crippen molar-refractivity contribution in [3.63, 3.8) is 0 Å². The van der Waals surface area contributed by atoms with Gasteiger partial charge in [0.2, 0.25) is 0 Å². The van der Waals surface area contributed by atoms with Gasteiger partial charge in [0.05, 0.1) is 0 Å². The van der Waals surface area contributed by atoms with Crippen LogP contribution in [0.4, 0.5) is 4.39 Å². The lowest BCUT2D eigenvalue weighted by molar-refractivity contribution is -0.145. The minimum atomic E-state index is -1.01. The molecule has 0 aliphatic heterocycles. The molecule has 1 atom stereocenters. The Kier molecular flexibility index (Phi) is 3.88. The number of hydrogen-bond donors (Lipinski definition) is 1. The lowest BCUT2D eigenvalue weighted by Crippen LogP contribution is -2.26. The normalized spacial score (nSPS) is 12.4. The van der Waals surface area contributed by atoms with Crippen molar-refractivity contribution in [1.82, 2.24) is 0 Å². The Hall–Kier alpha value is -1.10. The Morgan fingerprint density at radius 1 is 1.79 bits per heavy atom. The maximum absolute atomic E-state index is 12.5. The van der Waals surface area contributed by atoms with Gasteiger partial charge in [-0.2, -0.15) is 0 Å². The van der Waals surface area contributed by atoms with Crippen LogP contribution in [0.3, 0.4) is 0 Å². The van der Waals surface area contributed by atoms with Gasteiger partial charge in [-0.25, -0.2) is 9.18 Å². The molecule has 78 valence electrons. The quantitative estimate of drug-likeness (QED) is 0.826. The van der Waals surface area contributed by atoms with Crippen LogP contribution < -0.4 is 4.74 Å². The number of carbonyl (C=O) groups is 1. The molecule has 1 unspecified atom stereocenters. The first-order chi connectivity index (χ1) is 6.63. The van der Waals surface area contributed by atoms with E-state index in [0.717, 1.165) is 11.3 Å². The van der Waals surface area contributed by atoms with Crippen LogP contribution in [0.2, 0.25) is 0 Å². The van der Waals surface area contributed by atoms with E-state index in [1.54, 1.807) is 0 Å². The van der Waals surface area contributed by atoms with E-state index in [9.17, 15) is 9.18 Å². The summed E-state index contributed by atoms with van der Waals surface area (Å²) in [7, 11) is 0. The zero-order chi connectivity index (χ0) is 10.6. The number of rotatable bonds is 5. The third-order valence-corrected chi connectivity index (χ3v) is 2.42. The molecule has 1 N–H and O–H groups in total. The fraction of sp³-hybridized carbons (Fsp3) is 0.444. The van der Waals surface area contributed by atoms with Gasteiger partial charge in [0, 0.05) is 11.4 Å². The average molecular weight is 218 g/mol. The summed E-state index contributed by atoms with van der Waals surface area (Å²) in [6, 6.07) is 1.19. The molecular weight excluding hydrogens is 207 g/mol. The summed E-state index contributed by atoms with van der Waals surface area (Å²) in [5, 5.41) is 10.3. The minimum absolute atomic E-state index is 0.309. The smallest absolute Gasteiger partial charge is 0.344 e. The first-order valence-corrected chi connectivity index (χ1v) is 5.15. The van der Waals surface area contributed by atoms with Gasteiger partial charge in [-0.1, -0.05) is 13.3 Å². The molecule has 0 bridgehead atoms. The molecule has 5 heteroatoms. The van der Waals surface area contributed by atoms with Crippen LogP contribution >= 0.6 is 11.3 Å². The van der Waals surface area contributed by atoms with Gasteiger partial charge in [-0.05, 0) is 6.42 Å². The van der Waals surface area contributed by atoms with E-state index in [1.165, 1.54) is 11.4 Å². The lowest BCUT2D eigenvalue weighted by Gasteiger charge is -2.11. The molecular formula is C9H11FO3S. The molecule has 1 aromatic rings. The minimum Gasteiger partial charge on any atom is -0.479 e. The molecule has 0 aliphatic rings. The SMILES string of the molecule is CCCC(Oc1cc(F)cs1)C(=O)O. The van der Waals surface area contributed by atoms with Gasteiger partial charge in [0.1, 0.15) is 5.82 Å². The van der Waals surface area contributed by atoms with Crippen LogP contribution in [0.5, 0.6) is 5.06 Å². The molecule has 3 nitrogen and oxygen atoms in total. The van der Waals surface area contributed by atoms with Crippen molar-refractivity contribution in [2.45, 2.75) is 25.9 Å². The molecule has 0 spiro atoms. The second-order valence-corrected chi connectivity index (χ2v) is 3.69. The number of carboxylic acid groups (broad SMARTS) is 1. The van der Waals surface area contributed by atoms with Gasteiger partial charge in [0.25, 0.3) is 0 Å². The first-order valence-electron chi connectivity index (χ1n) is 4.27. The maximum atomic E-state index is 12.5. The van der Waals surface area contributed by atoms with Crippen molar-refractivity contribution >= 4 is 17.3 Å². The van der Waals surface area contributed by atoms with Crippen molar-refractivity contribution in [1.29, 1.82) is 0 Å². The Labute approximate surface area is 85.1 Å². The number of thiophene rings is 1. The predicted molar refractivity (Wildman–Crippen MR) is 51.2 cm³/mol. The van der Waals surface area contributed by atoms with E-state index in [4.69, 9.17) is 9.84 Å². The first kappa shape index (κ1) is 11.0. The molecule has 14 heavy (non-hydrogen) atoms. The van der Waals surface area contributed by atoms with E-state index in [2.05, 4.69) is 0 Å². The largest absolute Gasteiger partial charge is 0.479 e. The van der Waals surface area contributed by atoms with Crippen molar-refractivity contribution < 1.29 is 19.0 Å². The number of ether oxygens (including phenoxy) is 1. The van der Waals surface area contributed by atoms with Crippen LogP contribution in [0.15, 0.2) is 11.4 Å². The summed E-state index contributed by atoms with van der Waals surface area (Å²) in [6.07, 6.45) is 0.262. The van der Waals surface area contributed by atoms with Crippen LogP contribution in [-0.4, -0.2) is 17.2 Å². The van der Waals surface area contributed by atoms with Gasteiger partial charge >= 0.3 is 5.97 Å². The van der Waals surface area contributed by atoms with Crippen LogP contribution in [0.1, 0.15) is 19.8 Å². The second kappa shape index (κ2) is 4.95. The summed E-state index contributed by atoms with van der Waals surface area (Å²) < 4.78 is 17.7. The molecule has 0 saturated heterocycles. The van der Waals surface area contributed by atoms with Gasteiger partial charge in [-0.15, -0.1) is 11.3 Å². The molecule has 1 heterocycles. The summed E-state index contributed by atoms with van der Waals surface area (Å²) in [4.78, 5) is 10.7. The molecule has 0 aromatic carbocycles. The molecule has 1 aromatic heterocycles. The highest BCUT2D eigenvalue weighted by Gasteiger charge is 2.18. The molecule has 0 saturated carbocycles. The van der Waals surface area contributed by atoms with E-state index >= 15 is 0 Å². The number of halogens is 1. The number of aliphatic carboxylic acids is 1. The van der Waals surface area contributed by atoms with Crippen molar-refractivity contribution in [2.24, 2.45) is 0 Å². The highest BCUT2D eigenvalue weighted by atomic mass is 32.1. The average Bonchev–Trinajstić information content (AvgIpc) is 2.50. The Morgan fingerprint density at radius 3 is 2.93 bits per heavy atom. The zero-order valence-electron chi connectivity index (χ0n) is 7.70. The van der Waals surface area contributed by atoms with E-state index in [0.29, 0.717) is 17.9 Å². The van der Waals surface area contributed by atoms with Crippen LogP contribution in [0.25, 0.3) is 0 Å². The van der Waals surface area contributed by atoms with Crippen LogP contribution in [0, 0.1) is 5.82 Å². The monoisotopic (exact) mass is 218 g/mol. The third kappa shape index (κ3) is 2.99. The van der Waals surface area contributed by atoms with E-state index in [1.807, 2.05) is 6.92 Å². The summed E-state index contributed by atoms with van der Waals surface area (Å²) in [5.74, 6) is -1.41. The standard InChI is InChI=1S/C9H11FO3S/c1-2-3-7(9(11)12)13-8-4-6(10)5-14-8/h4-5,7H,2-3H2,1H3,(H,11,12).